The maximum atomic E-state index is 10.2. The Labute approximate surface area is 108 Å². The van der Waals surface area contributed by atoms with Crippen molar-refractivity contribution in [1.82, 2.24) is 0 Å². The number of hydrogen-bond donors (Lipinski definition) is 3. The van der Waals surface area contributed by atoms with E-state index in [-0.39, 0.29) is 22.2 Å². The molecule has 0 saturated heterocycles. The van der Waals surface area contributed by atoms with Crippen molar-refractivity contribution in [3.8, 4) is 0 Å². The van der Waals surface area contributed by atoms with Crippen molar-refractivity contribution in [3.63, 3.8) is 0 Å². The summed E-state index contributed by atoms with van der Waals surface area (Å²) in [5, 5.41) is 19.6. The van der Waals surface area contributed by atoms with Gasteiger partial charge in [-0.3, -0.25) is 0 Å². The van der Waals surface area contributed by atoms with Crippen LogP contribution in [0.3, 0.4) is 0 Å². The molecule has 0 amide bonds. The van der Waals surface area contributed by atoms with E-state index in [1.54, 1.807) is 0 Å². The quantitative estimate of drug-likeness (QED) is 0.525. The average molecular weight is 262 g/mol. The molecule has 0 heterocycles. The maximum absolute atomic E-state index is 10.2. The molecule has 2 rings (SSSR count). The Balaban J connectivity index is 1.80. The largest absolute Gasteiger partial charge is 0.393 e. The number of rotatable bonds is 5. The van der Waals surface area contributed by atoms with Crippen molar-refractivity contribution >= 4 is 24.4 Å². The van der Waals surface area contributed by atoms with E-state index in [2.05, 4.69) is 12.6 Å². The fourth-order valence-corrected chi connectivity index (χ4v) is 5.35. The lowest BCUT2D eigenvalue weighted by molar-refractivity contribution is 0.136. The lowest BCUT2D eigenvalue weighted by Gasteiger charge is -2.33. The van der Waals surface area contributed by atoms with Crippen LogP contribution < -0.4 is 0 Å². The van der Waals surface area contributed by atoms with Crippen LogP contribution in [-0.2, 0) is 0 Å². The number of thioether (sulfide) groups is 1. The van der Waals surface area contributed by atoms with Gasteiger partial charge in [-0.1, -0.05) is 0 Å². The van der Waals surface area contributed by atoms with Crippen LogP contribution >= 0.6 is 24.4 Å². The van der Waals surface area contributed by atoms with Crippen LogP contribution in [0.2, 0.25) is 0 Å². The summed E-state index contributed by atoms with van der Waals surface area (Å²) in [6, 6.07) is 0. The van der Waals surface area contributed by atoms with E-state index >= 15 is 0 Å². The second kappa shape index (κ2) is 5.09. The third-order valence-corrected chi connectivity index (χ3v) is 6.43. The summed E-state index contributed by atoms with van der Waals surface area (Å²) >= 11 is 6.44. The van der Waals surface area contributed by atoms with Crippen LogP contribution in [0.1, 0.15) is 39.0 Å². The lowest BCUT2D eigenvalue weighted by Crippen LogP contribution is -2.40. The summed E-state index contributed by atoms with van der Waals surface area (Å²) in [6.45, 7) is 1.84. The first-order valence-electron chi connectivity index (χ1n) is 6.23. The average Bonchev–Trinajstić information content (AvgIpc) is 2.75. The fraction of sp³-hybridized carbons (Fsp3) is 1.00. The Morgan fingerprint density at radius 2 is 2.31 bits per heavy atom. The predicted octanol–water partition coefficient (Wildman–Crippen LogP) is 2.09. The summed E-state index contributed by atoms with van der Waals surface area (Å²) in [7, 11) is 0. The van der Waals surface area contributed by atoms with E-state index in [4.69, 9.17) is 0 Å². The van der Waals surface area contributed by atoms with Gasteiger partial charge in [0.25, 0.3) is 0 Å². The Morgan fingerprint density at radius 1 is 1.56 bits per heavy atom. The molecule has 0 radical (unpaired) electrons. The Hall–Kier alpha value is 0.620. The first kappa shape index (κ1) is 13.1. The van der Waals surface area contributed by atoms with E-state index in [0.29, 0.717) is 5.92 Å². The zero-order valence-corrected chi connectivity index (χ0v) is 11.5. The van der Waals surface area contributed by atoms with E-state index in [1.165, 1.54) is 6.42 Å². The molecule has 94 valence electrons. The van der Waals surface area contributed by atoms with E-state index in [1.807, 2.05) is 18.7 Å². The minimum atomic E-state index is -0.230. The molecule has 2 N–H and O–H groups in total. The monoisotopic (exact) mass is 262 g/mol. The first-order chi connectivity index (χ1) is 7.55. The molecule has 2 saturated carbocycles. The van der Waals surface area contributed by atoms with Gasteiger partial charge in [-0.15, -0.1) is 0 Å². The minimum absolute atomic E-state index is 0.0930. The second-order valence-corrected chi connectivity index (χ2v) is 7.45. The zero-order valence-electron chi connectivity index (χ0n) is 9.80. The van der Waals surface area contributed by atoms with Gasteiger partial charge in [0.1, 0.15) is 0 Å². The Kier molecular flexibility index (Phi) is 4.15. The van der Waals surface area contributed by atoms with Gasteiger partial charge in [0.05, 0.1) is 12.2 Å². The highest BCUT2D eigenvalue weighted by Crippen LogP contribution is 2.57. The van der Waals surface area contributed by atoms with Gasteiger partial charge in [0.15, 0.2) is 0 Å². The molecule has 16 heavy (non-hydrogen) atoms. The standard InChI is InChI=1S/C12H22O2S2/c1-8(13)3-2-6-16-12-5-4-9(7-12)10(15)11(12)14/h8-11,13-15H,2-7H2,1H3. The third-order valence-electron chi connectivity index (χ3n) is 4.05. The normalized spacial score (nSPS) is 43.9. The molecule has 5 unspecified atom stereocenters. The minimum Gasteiger partial charge on any atom is -0.393 e. The molecule has 2 bridgehead atoms. The maximum Gasteiger partial charge on any atom is 0.0805 e. The summed E-state index contributed by atoms with van der Waals surface area (Å²) < 4.78 is 0.0930. The molecular weight excluding hydrogens is 240 g/mol. The van der Waals surface area contributed by atoms with E-state index in [9.17, 15) is 10.2 Å². The van der Waals surface area contributed by atoms with Gasteiger partial charge < -0.3 is 10.2 Å². The molecule has 0 aromatic heterocycles. The molecule has 0 spiro atoms. The summed E-state index contributed by atoms with van der Waals surface area (Å²) in [5.74, 6) is 1.68. The second-order valence-electron chi connectivity index (χ2n) is 5.34. The van der Waals surface area contributed by atoms with Gasteiger partial charge >= 0.3 is 0 Å². The molecule has 4 heteroatoms. The van der Waals surface area contributed by atoms with Gasteiger partial charge in [0, 0.05) is 10.00 Å². The summed E-state index contributed by atoms with van der Waals surface area (Å²) in [4.78, 5) is 0. The third kappa shape index (κ3) is 2.40. The Bertz CT molecular complexity index is 247. The van der Waals surface area contributed by atoms with Gasteiger partial charge in [-0.25, -0.2) is 0 Å². The van der Waals surface area contributed by atoms with Gasteiger partial charge in [0.2, 0.25) is 0 Å². The molecule has 2 aliphatic carbocycles. The van der Waals surface area contributed by atoms with E-state index in [0.717, 1.165) is 31.4 Å². The van der Waals surface area contributed by atoms with Crippen LogP contribution in [0.4, 0.5) is 0 Å². The highest BCUT2D eigenvalue weighted by molar-refractivity contribution is 8.00. The van der Waals surface area contributed by atoms with Crippen LogP contribution in [0.5, 0.6) is 0 Å². The highest BCUT2D eigenvalue weighted by Gasteiger charge is 2.56. The summed E-state index contributed by atoms with van der Waals surface area (Å²) in [6.07, 6.45) is 5.00. The van der Waals surface area contributed by atoms with Crippen LogP contribution in [-0.4, -0.2) is 38.2 Å². The molecule has 2 nitrogen and oxygen atoms in total. The highest BCUT2D eigenvalue weighted by atomic mass is 32.2. The van der Waals surface area contributed by atoms with Crippen molar-refractivity contribution in [2.75, 3.05) is 5.75 Å². The summed E-state index contributed by atoms with van der Waals surface area (Å²) in [5.41, 5.74) is 0. The van der Waals surface area contributed by atoms with Crippen molar-refractivity contribution in [2.45, 2.75) is 61.2 Å². The Morgan fingerprint density at radius 3 is 2.88 bits per heavy atom. The number of aliphatic hydroxyl groups excluding tert-OH is 2. The predicted molar refractivity (Wildman–Crippen MR) is 72.2 cm³/mol. The molecular formula is C12H22O2S2. The number of fused-ring (bicyclic) bond motifs is 2. The number of thiol groups is 1. The van der Waals surface area contributed by atoms with Gasteiger partial charge in [-0.05, 0) is 50.7 Å². The van der Waals surface area contributed by atoms with Gasteiger partial charge in [-0.2, -0.15) is 24.4 Å². The van der Waals surface area contributed by atoms with Crippen LogP contribution in [0.15, 0.2) is 0 Å². The van der Waals surface area contributed by atoms with Crippen molar-refractivity contribution in [2.24, 2.45) is 5.92 Å². The molecule has 2 aliphatic rings. The van der Waals surface area contributed by atoms with Crippen molar-refractivity contribution in [3.05, 3.63) is 0 Å². The number of hydrogen-bond acceptors (Lipinski definition) is 4. The number of aliphatic hydroxyl groups is 2. The van der Waals surface area contributed by atoms with Crippen LogP contribution in [0.25, 0.3) is 0 Å². The fourth-order valence-electron chi connectivity index (χ4n) is 3.08. The van der Waals surface area contributed by atoms with Crippen molar-refractivity contribution < 1.29 is 10.2 Å². The molecule has 0 aromatic carbocycles. The SMILES string of the molecule is CC(O)CCCSC12CCC(C1)C(S)C2O. The topological polar surface area (TPSA) is 40.5 Å². The lowest BCUT2D eigenvalue weighted by atomic mass is 9.96. The van der Waals surface area contributed by atoms with Crippen LogP contribution in [0, 0.1) is 5.92 Å². The van der Waals surface area contributed by atoms with Crippen molar-refractivity contribution in [1.29, 1.82) is 0 Å². The zero-order chi connectivity index (χ0) is 11.8. The van der Waals surface area contributed by atoms with E-state index < -0.39 is 0 Å². The smallest absolute Gasteiger partial charge is 0.0805 e. The molecule has 0 aromatic rings. The molecule has 5 atom stereocenters. The molecule has 0 aliphatic heterocycles. The molecule has 2 fully saturated rings. The first-order valence-corrected chi connectivity index (χ1v) is 7.73.